The first-order chi connectivity index (χ1) is 58.9. The summed E-state index contributed by atoms with van der Waals surface area (Å²) in [5.41, 5.74) is 1.43. The van der Waals surface area contributed by atoms with Crippen LogP contribution in [-0.2, 0) is 140 Å². The van der Waals surface area contributed by atoms with Crippen LogP contribution in [0.25, 0.3) is 66.9 Å². The minimum atomic E-state index is -5.06. The number of carbonyl (C=O) groups is 3. The second-order valence-electron chi connectivity index (χ2n) is 31.0. The van der Waals surface area contributed by atoms with E-state index in [1.165, 1.54) is 17.2 Å². The summed E-state index contributed by atoms with van der Waals surface area (Å²) in [4.78, 5) is 135. The number of phosphoric ester groups is 3. The number of phosphoric acid groups is 3. The number of nitrogens with one attached hydrogen (secondary N) is 1. The van der Waals surface area contributed by atoms with Crippen molar-refractivity contribution < 1.29 is 124 Å². The van der Waals surface area contributed by atoms with Crippen LogP contribution < -0.4 is 22.0 Å². The normalized spacial score (nSPS) is 26.8. The highest BCUT2D eigenvalue weighted by Gasteiger charge is 2.57. The van der Waals surface area contributed by atoms with Crippen LogP contribution in [0, 0.1) is 0 Å². The molecule has 10 aliphatic heterocycles. The molecule has 7 aromatic heterocycles. The second-order valence-corrected chi connectivity index (χ2v) is 35.1. The summed E-state index contributed by atoms with van der Waals surface area (Å²) in [7, 11) is -14.9. The van der Waals surface area contributed by atoms with Crippen molar-refractivity contribution in [3.8, 4) is 34.2 Å². The minimum absolute atomic E-state index is 0.0841. The molecule has 3 saturated heterocycles. The number of hydrogen-bond donors (Lipinski definition) is 9. The first-order valence-electron chi connectivity index (χ1n) is 39.6. The molecule has 20 rings (SSSR count). The van der Waals surface area contributed by atoms with Gasteiger partial charge in [-0.2, -0.15) is 0 Å². The molecule has 0 aliphatic carbocycles. The minimum Gasteiger partial charge on any atom is -0.458 e. The molecule has 17 heterocycles. The van der Waals surface area contributed by atoms with Gasteiger partial charge in [0.25, 0.3) is 16.7 Å². The molecule has 0 amide bonds. The van der Waals surface area contributed by atoms with Gasteiger partial charge in [-0.1, -0.05) is 75.4 Å². The summed E-state index contributed by atoms with van der Waals surface area (Å²) in [6, 6.07) is 33.4. The van der Waals surface area contributed by atoms with E-state index in [-0.39, 0.29) is 111 Å². The van der Waals surface area contributed by atoms with Gasteiger partial charge >= 0.3 is 41.4 Å². The lowest BCUT2D eigenvalue weighted by Gasteiger charge is -2.36. The number of aliphatic hydroxyl groups is 5. The van der Waals surface area contributed by atoms with Crippen LogP contribution in [0.5, 0.6) is 0 Å². The van der Waals surface area contributed by atoms with Crippen LogP contribution in [0.1, 0.15) is 121 Å². The van der Waals surface area contributed by atoms with Crippen molar-refractivity contribution in [3.63, 3.8) is 0 Å². The topological polar surface area (TPSA) is 522 Å². The molecule has 9 N–H and O–H groups in total. The number of carbonyl (C=O) groups excluding carboxylic acids is 3. The van der Waals surface area contributed by atoms with Gasteiger partial charge in [0.2, 0.25) is 16.8 Å². The Morgan fingerprint density at radius 2 is 0.919 bits per heavy atom. The van der Waals surface area contributed by atoms with E-state index in [9.17, 15) is 82.7 Å². The molecule has 644 valence electrons. The predicted molar refractivity (Wildman–Crippen MR) is 428 cm³/mol. The fraction of sp³-hybridized carbons (Fsp3) is 0.395. The Morgan fingerprint density at radius 3 is 1.31 bits per heavy atom. The lowest BCUT2D eigenvalue weighted by molar-refractivity contribution is -0.171. The van der Waals surface area contributed by atoms with Crippen LogP contribution in [0.4, 0.5) is 5.82 Å². The molecule has 3 unspecified atom stereocenters. The number of cyclic esters (lactones) is 3. The quantitative estimate of drug-likeness (QED) is 0.0256. The van der Waals surface area contributed by atoms with E-state index >= 15 is 0 Å². The Labute approximate surface area is 695 Å². The average Bonchev–Trinajstić information content (AvgIpc) is 1.56. The number of para-hydroxylation sites is 3. The Balaban J connectivity index is 0.000000127. The van der Waals surface area contributed by atoms with Gasteiger partial charge in [0.15, 0.2) is 0 Å². The number of ether oxygens (including phenoxy) is 6. The maximum atomic E-state index is 13.8. The molecule has 0 radical (unpaired) electrons. The number of aliphatic imine (C=N–C) groups is 1. The predicted octanol–water partition coefficient (Wildman–Crippen LogP) is 5.97. The fourth-order valence-corrected chi connectivity index (χ4v) is 20.6. The lowest BCUT2D eigenvalue weighted by Crippen LogP contribution is -2.46. The summed E-state index contributed by atoms with van der Waals surface area (Å²) in [6.07, 6.45) is -6.09. The largest absolute Gasteiger partial charge is 0.473 e. The monoisotopic (exact) mass is 1750 g/mol. The van der Waals surface area contributed by atoms with E-state index in [2.05, 4.69) is 15.3 Å². The summed E-state index contributed by atoms with van der Waals surface area (Å²) < 4.78 is 110. The highest BCUT2D eigenvalue weighted by molar-refractivity contribution is 7.48. The van der Waals surface area contributed by atoms with Gasteiger partial charge in [0, 0.05) is 62.6 Å². The van der Waals surface area contributed by atoms with Gasteiger partial charge in [-0.05, 0) is 80.3 Å². The number of pyridine rings is 6. The average molecular weight is 1750 g/mol. The molecule has 123 heavy (non-hydrogen) atoms. The number of benzene rings is 3. The smallest absolute Gasteiger partial charge is 0.458 e. The molecular formula is C81H81N10O29P3. The summed E-state index contributed by atoms with van der Waals surface area (Å²) in [6.45, 7) is 3.32. The highest BCUT2D eigenvalue weighted by atomic mass is 31.2. The van der Waals surface area contributed by atoms with Gasteiger partial charge in [-0.3, -0.25) is 51.1 Å². The van der Waals surface area contributed by atoms with E-state index in [1.807, 2.05) is 91.0 Å². The van der Waals surface area contributed by atoms with Crippen molar-refractivity contribution in [3.05, 3.63) is 202 Å². The summed E-state index contributed by atoms with van der Waals surface area (Å²) >= 11 is 0. The molecular weight excluding hydrogens is 1670 g/mol. The van der Waals surface area contributed by atoms with E-state index in [0.29, 0.717) is 65.2 Å². The molecule has 42 heteroatoms. The number of esters is 3. The number of fused-ring (bicyclic) bond motifs is 16. The number of rotatable bonds is 19. The van der Waals surface area contributed by atoms with E-state index in [0.717, 1.165) is 49.4 Å². The molecule has 39 nitrogen and oxygen atoms in total. The summed E-state index contributed by atoms with van der Waals surface area (Å²) in [5, 5.41) is 56.2. The third-order valence-corrected chi connectivity index (χ3v) is 26.9. The van der Waals surface area contributed by atoms with Crippen molar-refractivity contribution in [2.75, 3.05) is 44.9 Å². The fourth-order valence-electron chi connectivity index (χ4n) is 17.3. The molecule has 3 fully saturated rings. The van der Waals surface area contributed by atoms with Gasteiger partial charge in [0.05, 0.1) is 145 Å². The van der Waals surface area contributed by atoms with Gasteiger partial charge in [-0.25, -0.2) is 48.0 Å². The zero-order chi connectivity index (χ0) is 86.1. The molecule has 10 aromatic rings. The maximum Gasteiger partial charge on any atom is 0.473 e. The number of anilines is 1. The van der Waals surface area contributed by atoms with Gasteiger partial charge in [0.1, 0.15) is 74.2 Å². The summed E-state index contributed by atoms with van der Waals surface area (Å²) in [5.74, 6) is -2.34. The number of aliphatic hydroxyl groups excluding tert-OH is 5. The number of imidazole rings is 1. The Kier molecular flexibility index (Phi) is 21.9. The molecule has 0 spiro atoms. The first kappa shape index (κ1) is 83.7. The second kappa shape index (κ2) is 32.1. The maximum absolute atomic E-state index is 13.8. The lowest BCUT2D eigenvalue weighted by atomic mass is 9.86. The van der Waals surface area contributed by atoms with Crippen molar-refractivity contribution in [1.29, 1.82) is 0 Å². The van der Waals surface area contributed by atoms with Crippen LogP contribution in [0.15, 0.2) is 135 Å². The van der Waals surface area contributed by atoms with Crippen LogP contribution in [-0.4, -0.2) is 185 Å². The SMILES string of the molecule is CC[C@@]1(OP(=O)(O)OC[C@H]2OCC[C@@H]2O)C(=O)OCc2c1cc1n(c2=O)Cc2cc3ccccc3nc2-1.CC[C@@]1(OP(=O)(O)OC[C@H]2OC[C@H](O)[C@@H]2O)C(=O)OCc2c1cc1n(c2=O)Cc2cc3ccccc3nc2-1.CC[C@@]1(OP(=O)(O)OC[C@H]2O[C@@H](n3cnc4c3NC=NC[C@H]4O)C[C@@H]2O)C(=O)OCc2c1cc1n(c2=O)Cc2cc3ccccc3nc2-1. The van der Waals surface area contributed by atoms with Crippen molar-refractivity contribution in [2.24, 2.45) is 4.99 Å². The van der Waals surface area contributed by atoms with E-state index in [1.54, 1.807) is 52.7 Å². The standard InChI is InChI=1S/C31H31N6O10P.C25H25N2O10P.C25H25N2O9P/c1-2-31(47-48(42,43)45-13-24-22(38)9-25(46-24)37-15-34-27-23(39)10-32-14-33-28(27)37)19-8-21-26-17(7-16-5-3-4-6-20(16)35-26)11-36(21)29(40)18(19)12-44-30(31)41;1-2-25(37-38(32,33)36-12-20-22(29)19(28)11-34-20)16-8-18-21-14(7-13-5-3-4-6-17(13)26-21)9-27(18)23(30)15(16)10-35-24(25)31;1-2-25(36-37(31,32)35-13-21-20(28)7-8-33-21)17-10-19-22-15(9-14-5-3-4-6-18(14)26-22)11-27(19)23(29)16(17)12-34-24(25)30/h3-8,14-15,22-25,38-39H,2,9-13H2,1H3,(H,32,33)(H,42,43);3-8,19-20,22,28-29H,2,9-12H2,1H3,(H,32,33);3-6,9-10,20-21,28H,2,7-8,11-13H2,1H3,(H,31,32)/t22-,23+,24+,25+,31-;19-,20+,22-,25-;20-,21+,25-/m000/s1. The molecule has 15 atom stereocenters. The number of aromatic nitrogens is 8. The molecule has 0 bridgehead atoms. The number of hydrogen-bond acceptors (Lipinski definition) is 32. The van der Waals surface area contributed by atoms with E-state index in [4.69, 9.17) is 70.5 Å². The number of nitrogens with zero attached hydrogens (tertiary/aromatic N) is 9. The third-order valence-electron chi connectivity index (χ3n) is 23.8. The highest BCUT2D eigenvalue weighted by Crippen LogP contribution is 2.58. The third kappa shape index (κ3) is 14.8. The molecule has 0 saturated carbocycles. The van der Waals surface area contributed by atoms with Crippen molar-refractivity contribution >= 4 is 86.2 Å². The zero-order valence-corrected chi connectivity index (χ0v) is 68.5. The Hall–Kier alpha value is -10.2. The molecule has 10 aliphatic rings. The van der Waals surface area contributed by atoms with Crippen LogP contribution in [0.2, 0.25) is 0 Å². The van der Waals surface area contributed by atoms with E-state index < -0.39 is 144 Å². The van der Waals surface area contributed by atoms with Crippen LogP contribution >= 0.6 is 23.5 Å². The molecule has 3 aromatic carbocycles. The van der Waals surface area contributed by atoms with Gasteiger partial charge < -0.3 is 87.7 Å². The van der Waals surface area contributed by atoms with Crippen LogP contribution in [0.3, 0.4) is 0 Å². The van der Waals surface area contributed by atoms with Gasteiger partial charge in [-0.15, -0.1) is 0 Å². The zero-order valence-electron chi connectivity index (χ0n) is 65.8. The van der Waals surface area contributed by atoms with Crippen molar-refractivity contribution in [1.82, 2.24) is 38.2 Å². The first-order valence-corrected chi connectivity index (χ1v) is 44.1. The van der Waals surface area contributed by atoms with Crippen molar-refractivity contribution in [2.45, 2.75) is 164 Å². The Bertz CT molecular complexity index is 6420. The Morgan fingerprint density at radius 1 is 0.512 bits per heavy atom.